The lowest BCUT2D eigenvalue weighted by Gasteiger charge is -2.31. The van der Waals surface area contributed by atoms with Gasteiger partial charge in [0.05, 0.1) is 0 Å². The number of amides is 2. The predicted octanol–water partition coefficient (Wildman–Crippen LogP) is 4.78. The van der Waals surface area contributed by atoms with Gasteiger partial charge in [0.1, 0.15) is 11.8 Å². The third-order valence-electron chi connectivity index (χ3n) is 4.76. The van der Waals surface area contributed by atoms with Gasteiger partial charge in [-0.2, -0.15) is 0 Å². The summed E-state index contributed by atoms with van der Waals surface area (Å²) in [6, 6.07) is 12.8. The van der Waals surface area contributed by atoms with Crippen molar-refractivity contribution in [3.63, 3.8) is 0 Å². The van der Waals surface area contributed by atoms with Crippen LogP contribution < -0.4 is 10.1 Å². The Morgan fingerprint density at radius 2 is 1.77 bits per heavy atom. The summed E-state index contributed by atoms with van der Waals surface area (Å²) in [5.74, 6) is 0.186. The minimum absolute atomic E-state index is 0.139. The zero-order valence-corrected chi connectivity index (χ0v) is 20.2. The van der Waals surface area contributed by atoms with E-state index in [4.69, 9.17) is 4.74 Å². The van der Waals surface area contributed by atoms with Gasteiger partial charge in [-0.25, -0.2) is 0 Å². The second-order valence-corrected chi connectivity index (χ2v) is 9.42. The summed E-state index contributed by atoms with van der Waals surface area (Å²) in [6.07, 6.45) is 0. The maximum atomic E-state index is 13.1. The fraction of sp³-hybridized carbons (Fsp3) is 0.417. The normalized spacial score (nSPS) is 12.2. The highest BCUT2D eigenvalue weighted by molar-refractivity contribution is 9.10. The molecule has 6 heteroatoms. The highest BCUT2D eigenvalue weighted by Gasteiger charge is 2.29. The molecule has 0 aliphatic rings. The Hall–Kier alpha value is -2.34. The molecule has 30 heavy (non-hydrogen) atoms. The lowest BCUT2D eigenvalue weighted by molar-refractivity contribution is -0.142. The molecule has 2 rings (SSSR count). The van der Waals surface area contributed by atoms with E-state index < -0.39 is 6.04 Å². The lowest BCUT2D eigenvalue weighted by atomic mass is 10.1. The standard InChI is InChI=1S/C24H31BrN2O3/c1-16-9-7-8-10-19(16)14-27(18(3)23(29)26-24(4,5)6)22(28)15-30-20-11-12-21(25)17(2)13-20/h7-13,18H,14-15H2,1-6H3,(H,26,29)/t18-/m0/s1. The van der Waals surface area contributed by atoms with Gasteiger partial charge in [-0.05, 0) is 76.4 Å². The summed E-state index contributed by atoms with van der Waals surface area (Å²) in [6.45, 7) is 11.7. The highest BCUT2D eigenvalue weighted by atomic mass is 79.9. The van der Waals surface area contributed by atoms with Crippen LogP contribution in [0.15, 0.2) is 46.9 Å². The molecule has 2 aromatic carbocycles. The van der Waals surface area contributed by atoms with Crippen LogP contribution >= 0.6 is 15.9 Å². The summed E-state index contributed by atoms with van der Waals surface area (Å²) in [7, 11) is 0. The first kappa shape index (κ1) is 23.9. The second-order valence-electron chi connectivity index (χ2n) is 8.56. The van der Waals surface area contributed by atoms with Crippen LogP contribution in [-0.2, 0) is 16.1 Å². The van der Waals surface area contributed by atoms with Gasteiger partial charge in [0.2, 0.25) is 5.91 Å². The van der Waals surface area contributed by atoms with E-state index in [0.29, 0.717) is 12.3 Å². The van der Waals surface area contributed by atoms with Gasteiger partial charge in [0.25, 0.3) is 5.91 Å². The predicted molar refractivity (Wildman–Crippen MR) is 123 cm³/mol. The molecule has 162 valence electrons. The second kappa shape index (κ2) is 10.1. The summed E-state index contributed by atoms with van der Waals surface area (Å²) in [4.78, 5) is 27.5. The third-order valence-corrected chi connectivity index (χ3v) is 5.65. The van der Waals surface area contributed by atoms with Crippen LogP contribution in [0.5, 0.6) is 5.75 Å². The molecule has 1 atom stereocenters. The van der Waals surface area contributed by atoms with E-state index in [9.17, 15) is 9.59 Å². The maximum Gasteiger partial charge on any atom is 0.261 e. The Bertz CT molecular complexity index is 906. The number of hydrogen-bond acceptors (Lipinski definition) is 3. The summed E-state index contributed by atoms with van der Waals surface area (Å²) >= 11 is 3.46. The van der Waals surface area contributed by atoms with E-state index >= 15 is 0 Å². The fourth-order valence-electron chi connectivity index (χ4n) is 2.96. The van der Waals surface area contributed by atoms with E-state index in [-0.39, 0.29) is 24.0 Å². The minimum Gasteiger partial charge on any atom is -0.484 e. The molecule has 0 aliphatic carbocycles. The van der Waals surface area contributed by atoms with Crippen molar-refractivity contribution in [1.82, 2.24) is 10.2 Å². The van der Waals surface area contributed by atoms with E-state index in [2.05, 4.69) is 21.2 Å². The summed E-state index contributed by atoms with van der Waals surface area (Å²) in [5, 5.41) is 2.96. The molecule has 0 spiro atoms. The number of benzene rings is 2. The van der Waals surface area contributed by atoms with Crippen molar-refractivity contribution in [3.05, 3.63) is 63.6 Å². The van der Waals surface area contributed by atoms with Crippen LogP contribution in [0.3, 0.4) is 0 Å². The molecular formula is C24H31BrN2O3. The van der Waals surface area contributed by atoms with Crippen molar-refractivity contribution in [3.8, 4) is 5.75 Å². The number of rotatable bonds is 7. The zero-order chi connectivity index (χ0) is 22.5. The van der Waals surface area contributed by atoms with Gasteiger partial charge < -0.3 is 15.0 Å². The quantitative estimate of drug-likeness (QED) is 0.628. The first-order valence-corrected chi connectivity index (χ1v) is 10.8. The number of hydrogen-bond donors (Lipinski definition) is 1. The van der Waals surface area contributed by atoms with Crippen LogP contribution in [0, 0.1) is 13.8 Å². The van der Waals surface area contributed by atoms with Crippen molar-refractivity contribution < 1.29 is 14.3 Å². The van der Waals surface area contributed by atoms with Gasteiger partial charge in [-0.15, -0.1) is 0 Å². The van der Waals surface area contributed by atoms with E-state index in [1.165, 1.54) is 0 Å². The van der Waals surface area contributed by atoms with Crippen molar-refractivity contribution in [2.24, 2.45) is 0 Å². The molecule has 0 saturated heterocycles. The molecule has 0 saturated carbocycles. The summed E-state index contributed by atoms with van der Waals surface area (Å²) < 4.78 is 6.72. The molecule has 0 bridgehead atoms. The molecule has 0 unspecified atom stereocenters. The number of nitrogens with zero attached hydrogens (tertiary/aromatic N) is 1. The first-order chi connectivity index (χ1) is 14.0. The average molecular weight is 475 g/mol. The van der Waals surface area contributed by atoms with Crippen LogP contribution in [-0.4, -0.2) is 34.9 Å². The number of carbonyl (C=O) groups is 2. The molecule has 0 radical (unpaired) electrons. The van der Waals surface area contributed by atoms with Gasteiger partial charge in [0, 0.05) is 16.6 Å². The smallest absolute Gasteiger partial charge is 0.261 e. The fourth-order valence-corrected chi connectivity index (χ4v) is 3.21. The lowest BCUT2D eigenvalue weighted by Crippen LogP contribution is -2.53. The molecular weight excluding hydrogens is 444 g/mol. The molecule has 0 fully saturated rings. The van der Waals surface area contributed by atoms with Crippen molar-refractivity contribution in [2.75, 3.05) is 6.61 Å². The minimum atomic E-state index is -0.633. The van der Waals surface area contributed by atoms with Crippen LogP contribution in [0.25, 0.3) is 0 Å². The third kappa shape index (κ3) is 6.87. The molecule has 0 heterocycles. The van der Waals surface area contributed by atoms with Gasteiger partial charge in [-0.3, -0.25) is 9.59 Å². The largest absolute Gasteiger partial charge is 0.484 e. The Labute approximate surface area is 187 Å². The molecule has 2 aromatic rings. The van der Waals surface area contributed by atoms with Crippen molar-refractivity contribution in [1.29, 1.82) is 0 Å². The molecule has 0 aliphatic heterocycles. The number of aryl methyl sites for hydroxylation is 2. The Balaban J connectivity index is 2.20. The number of nitrogens with one attached hydrogen (secondary N) is 1. The van der Waals surface area contributed by atoms with Crippen LogP contribution in [0.2, 0.25) is 0 Å². The molecule has 2 amide bonds. The molecule has 1 N–H and O–H groups in total. The first-order valence-electron chi connectivity index (χ1n) is 10.0. The van der Waals surface area contributed by atoms with E-state index in [1.54, 1.807) is 11.8 Å². The monoisotopic (exact) mass is 474 g/mol. The topological polar surface area (TPSA) is 58.6 Å². The number of carbonyl (C=O) groups excluding carboxylic acids is 2. The van der Waals surface area contributed by atoms with Gasteiger partial charge >= 0.3 is 0 Å². The Morgan fingerprint density at radius 3 is 2.37 bits per heavy atom. The van der Waals surface area contributed by atoms with E-state index in [0.717, 1.165) is 21.2 Å². The molecule has 0 aromatic heterocycles. The zero-order valence-electron chi connectivity index (χ0n) is 18.6. The van der Waals surface area contributed by atoms with E-state index in [1.807, 2.05) is 77.1 Å². The average Bonchev–Trinajstić information content (AvgIpc) is 2.66. The number of ether oxygens (including phenoxy) is 1. The van der Waals surface area contributed by atoms with Crippen molar-refractivity contribution in [2.45, 2.75) is 59.7 Å². The highest BCUT2D eigenvalue weighted by Crippen LogP contribution is 2.22. The Kier molecular flexibility index (Phi) is 8.07. The van der Waals surface area contributed by atoms with Crippen LogP contribution in [0.1, 0.15) is 44.4 Å². The Morgan fingerprint density at radius 1 is 1.10 bits per heavy atom. The summed E-state index contributed by atoms with van der Waals surface area (Å²) in [5.41, 5.74) is 2.72. The SMILES string of the molecule is Cc1cc(OCC(=O)N(Cc2ccccc2C)[C@@H](C)C(=O)NC(C)(C)C)ccc1Br. The number of halogens is 1. The van der Waals surface area contributed by atoms with Gasteiger partial charge in [0.15, 0.2) is 6.61 Å². The maximum absolute atomic E-state index is 13.1. The molecule has 5 nitrogen and oxygen atoms in total. The van der Waals surface area contributed by atoms with Crippen LogP contribution in [0.4, 0.5) is 0 Å². The van der Waals surface area contributed by atoms with Gasteiger partial charge in [-0.1, -0.05) is 40.2 Å². The van der Waals surface area contributed by atoms with Crippen molar-refractivity contribution >= 4 is 27.7 Å².